The number of aryl methyl sites for hydroxylation is 1. The van der Waals surface area contributed by atoms with Crippen molar-refractivity contribution in [3.8, 4) is 0 Å². The standard InChI is InChI=1S/C23H30N2O3/c1-15(2)18-11-8-12-19(16(3)4)21(18)25-22(26)20(24-23(27)28)14-13-17-9-6-5-7-10-17/h5-12,15-16,20,24H,13-14H2,1-4H3,(H,25,26)(H,27,28). The molecule has 1 atom stereocenters. The van der Waals surface area contributed by atoms with Crippen LogP contribution in [0.4, 0.5) is 10.5 Å². The van der Waals surface area contributed by atoms with Gasteiger partial charge in [-0.05, 0) is 41.4 Å². The normalized spacial score (nSPS) is 12.1. The Bertz CT molecular complexity index is 774. The van der Waals surface area contributed by atoms with Gasteiger partial charge in [0.05, 0.1) is 0 Å². The maximum Gasteiger partial charge on any atom is 0.405 e. The van der Waals surface area contributed by atoms with Crippen molar-refractivity contribution in [1.82, 2.24) is 5.32 Å². The van der Waals surface area contributed by atoms with E-state index in [4.69, 9.17) is 0 Å². The smallest absolute Gasteiger partial charge is 0.405 e. The van der Waals surface area contributed by atoms with Crippen molar-refractivity contribution in [2.24, 2.45) is 0 Å². The molecule has 0 heterocycles. The Morgan fingerprint density at radius 1 is 0.893 bits per heavy atom. The van der Waals surface area contributed by atoms with Crippen LogP contribution in [-0.2, 0) is 11.2 Å². The summed E-state index contributed by atoms with van der Waals surface area (Å²) in [7, 11) is 0. The molecule has 2 aromatic rings. The highest BCUT2D eigenvalue weighted by Crippen LogP contribution is 2.32. The van der Waals surface area contributed by atoms with E-state index in [1.807, 2.05) is 48.5 Å². The second kappa shape index (κ2) is 9.93. The zero-order valence-corrected chi connectivity index (χ0v) is 17.0. The molecule has 0 aliphatic rings. The topological polar surface area (TPSA) is 78.4 Å². The molecular weight excluding hydrogens is 352 g/mol. The molecule has 0 bridgehead atoms. The third kappa shape index (κ3) is 5.84. The lowest BCUT2D eigenvalue weighted by molar-refractivity contribution is -0.118. The molecule has 5 nitrogen and oxygen atoms in total. The first-order chi connectivity index (χ1) is 13.3. The van der Waals surface area contributed by atoms with Gasteiger partial charge in [0.25, 0.3) is 0 Å². The SMILES string of the molecule is CC(C)c1cccc(C(C)C)c1NC(=O)C(CCc1ccccc1)NC(=O)O. The number of hydrogen-bond donors (Lipinski definition) is 3. The van der Waals surface area contributed by atoms with Gasteiger partial charge in [0.1, 0.15) is 6.04 Å². The van der Waals surface area contributed by atoms with Gasteiger partial charge in [0.15, 0.2) is 0 Å². The van der Waals surface area contributed by atoms with E-state index < -0.39 is 12.1 Å². The van der Waals surface area contributed by atoms with Crippen LogP contribution >= 0.6 is 0 Å². The van der Waals surface area contributed by atoms with Crippen molar-refractivity contribution in [3.05, 3.63) is 65.2 Å². The fourth-order valence-electron chi connectivity index (χ4n) is 3.28. The molecule has 2 aromatic carbocycles. The zero-order chi connectivity index (χ0) is 20.7. The molecule has 0 spiro atoms. The van der Waals surface area contributed by atoms with E-state index in [0.717, 1.165) is 22.4 Å². The Labute approximate surface area is 167 Å². The lowest BCUT2D eigenvalue weighted by Crippen LogP contribution is -2.43. The van der Waals surface area contributed by atoms with Crippen LogP contribution in [0.5, 0.6) is 0 Å². The molecule has 150 valence electrons. The lowest BCUT2D eigenvalue weighted by Gasteiger charge is -2.23. The monoisotopic (exact) mass is 382 g/mol. The van der Waals surface area contributed by atoms with Gasteiger partial charge in [-0.3, -0.25) is 4.79 Å². The molecule has 0 saturated heterocycles. The quantitative estimate of drug-likeness (QED) is 0.591. The second-order valence-electron chi connectivity index (χ2n) is 7.64. The van der Waals surface area contributed by atoms with Crippen LogP contribution < -0.4 is 10.6 Å². The van der Waals surface area contributed by atoms with E-state index in [1.54, 1.807) is 0 Å². The molecule has 28 heavy (non-hydrogen) atoms. The minimum Gasteiger partial charge on any atom is -0.465 e. The first-order valence-corrected chi connectivity index (χ1v) is 9.76. The van der Waals surface area contributed by atoms with Gasteiger partial charge in [0.2, 0.25) is 5.91 Å². The van der Waals surface area contributed by atoms with Crippen molar-refractivity contribution in [3.63, 3.8) is 0 Å². The van der Waals surface area contributed by atoms with Crippen LogP contribution in [0.15, 0.2) is 48.5 Å². The van der Waals surface area contributed by atoms with E-state index >= 15 is 0 Å². The number of para-hydroxylation sites is 1. The summed E-state index contributed by atoms with van der Waals surface area (Å²) in [6.45, 7) is 8.32. The number of rotatable bonds is 8. The van der Waals surface area contributed by atoms with E-state index in [9.17, 15) is 14.7 Å². The number of anilines is 1. The number of benzene rings is 2. The van der Waals surface area contributed by atoms with Crippen molar-refractivity contribution in [2.45, 2.75) is 58.4 Å². The van der Waals surface area contributed by atoms with Crippen LogP contribution in [0, 0.1) is 0 Å². The molecule has 0 aromatic heterocycles. The van der Waals surface area contributed by atoms with Gasteiger partial charge in [-0.25, -0.2) is 4.79 Å². The summed E-state index contributed by atoms with van der Waals surface area (Å²) in [6, 6.07) is 14.9. The first-order valence-electron chi connectivity index (χ1n) is 9.76. The predicted octanol–water partition coefficient (Wildman–Crippen LogP) is 5.14. The van der Waals surface area contributed by atoms with Crippen LogP contribution in [0.25, 0.3) is 0 Å². The van der Waals surface area contributed by atoms with Crippen LogP contribution in [0.1, 0.15) is 62.6 Å². The fourth-order valence-corrected chi connectivity index (χ4v) is 3.28. The predicted molar refractivity (Wildman–Crippen MR) is 113 cm³/mol. The third-order valence-corrected chi connectivity index (χ3v) is 4.80. The van der Waals surface area contributed by atoms with Gasteiger partial charge in [0, 0.05) is 5.69 Å². The molecule has 2 amide bonds. The van der Waals surface area contributed by atoms with Gasteiger partial charge in [-0.15, -0.1) is 0 Å². The molecule has 5 heteroatoms. The zero-order valence-electron chi connectivity index (χ0n) is 17.0. The summed E-state index contributed by atoms with van der Waals surface area (Å²) >= 11 is 0. The Kier molecular flexibility index (Phi) is 7.61. The fraction of sp³-hybridized carbons (Fsp3) is 0.391. The van der Waals surface area contributed by atoms with Gasteiger partial charge < -0.3 is 15.7 Å². The van der Waals surface area contributed by atoms with Gasteiger partial charge >= 0.3 is 6.09 Å². The summed E-state index contributed by atoms with van der Waals surface area (Å²) in [4.78, 5) is 24.2. The highest BCUT2D eigenvalue weighted by Gasteiger charge is 2.23. The molecule has 0 aliphatic heterocycles. The molecular formula is C23H30N2O3. The second-order valence-corrected chi connectivity index (χ2v) is 7.64. The van der Waals surface area contributed by atoms with Gasteiger partial charge in [-0.1, -0.05) is 76.2 Å². The maximum atomic E-state index is 13.0. The molecule has 0 aliphatic carbocycles. The Morgan fingerprint density at radius 3 is 1.96 bits per heavy atom. The van der Waals surface area contributed by atoms with E-state index in [0.29, 0.717) is 12.8 Å². The van der Waals surface area contributed by atoms with Crippen molar-refractivity contribution in [2.75, 3.05) is 5.32 Å². The summed E-state index contributed by atoms with van der Waals surface area (Å²) in [6.07, 6.45) is -0.195. The first kappa shape index (κ1) is 21.5. The summed E-state index contributed by atoms with van der Waals surface area (Å²) in [5, 5.41) is 14.6. The van der Waals surface area contributed by atoms with Crippen molar-refractivity contribution in [1.29, 1.82) is 0 Å². The van der Waals surface area contributed by atoms with Crippen LogP contribution in [-0.4, -0.2) is 23.1 Å². The largest absolute Gasteiger partial charge is 0.465 e. The minimum atomic E-state index is -1.20. The van der Waals surface area contributed by atoms with Gasteiger partial charge in [-0.2, -0.15) is 0 Å². The molecule has 0 saturated carbocycles. The number of carbonyl (C=O) groups is 2. The number of carboxylic acid groups (broad SMARTS) is 1. The molecule has 0 radical (unpaired) electrons. The minimum absolute atomic E-state index is 0.240. The van der Waals surface area contributed by atoms with Crippen LogP contribution in [0.3, 0.4) is 0 Å². The van der Waals surface area contributed by atoms with E-state index in [1.165, 1.54) is 0 Å². The highest BCUT2D eigenvalue weighted by atomic mass is 16.4. The van der Waals surface area contributed by atoms with Crippen molar-refractivity contribution < 1.29 is 14.7 Å². The van der Waals surface area contributed by atoms with Crippen molar-refractivity contribution >= 4 is 17.7 Å². The lowest BCUT2D eigenvalue weighted by atomic mass is 9.92. The van der Waals surface area contributed by atoms with E-state index in [2.05, 4.69) is 38.3 Å². The summed E-state index contributed by atoms with van der Waals surface area (Å²) in [5.74, 6) is 0.154. The number of hydrogen-bond acceptors (Lipinski definition) is 2. The average molecular weight is 383 g/mol. The summed E-state index contributed by atoms with van der Waals surface area (Å²) in [5.41, 5.74) is 3.97. The average Bonchev–Trinajstić information content (AvgIpc) is 2.65. The molecule has 0 fully saturated rings. The van der Waals surface area contributed by atoms with Crippen LogP contribution in [0.2, 0.25) is 0 Å². The van der Waals surface area contributed by atoms with E-state index in [-0.39, 0.29) is 17.7 Å². The number of amides is 2. The summed E-state index contributed by atoms with van der Waals surface area (Å²) < 4.78 is 0. The Hall–Kier alpha value is -2.82. The molecule has 3 N–H and O–H groups in total. The molecule has 2 rings (SSSR count). The highest BCUT2D eigenvalue weighted by molar-refractivity contribution is 5.97. The molecule has 1 unspecified atom stereocenters. The third-order valence-electron chi connectivity index (χ3n) is 4.80. The number of carbonyl (C=O) groups excluding carboxylic acids is 1. The maximum absolute atomic E-state index is 13.0. The number of nitrogens with one attached hydrogen (secondary N) is 2. The Morgan fingerprint density at radius 2 is 1.46 bits per heavy atom. The Balaban J connectivity index is 2.24.